The standard InChI is InChI=1S/C18H25N3O4S/c1-5-15(16-9-7-6-8-10-16)11-19-18(22)13(3)21-26(23,24)17-12(2)20-25-14(17)4/h6-10,13,15,21H,5,11H2,1-4H3,(H,19,22)/t13-,15+/m1/s1. The summed E-state index contributed by atoms with van der Waals surface area (Å²) >= 11 is 0. The van der Waals surface area contributed by atoms with Crippen molar-refractivity contribution in [1.82, 2.24) is 15.2 Å². The van der Waals surface area contributed by atoms with Crippen molar-refractivity contribution in [3.05, 3.63) is 47.3 Å². The van der Waals surface area contributed by atoms with Crippen molar-refractivity contribution in [1.29, 1.82) is 0 Å². The van der Waals surface area contributed by atoms with Crippen molar-refractivity contribution < 1.29 is 17.7 Å². The van der Waals surface area contributed by atoms with Crippen LogP contribution in [-0.4, -0.2) is 32.1 Å². The number of hydrogen-bond donors (Lipinski definition) is 2. The molecule has 2 aromatic rings. The van der Waals surface area contributed by atoms with E-state index in [-0.39, 0.29) is 28.2 Å². The molecule has 0 spiro atoms. The summed E-state index contributed by atoms with van der Waals surface area (Å²) in [6.07, 6.45) is 0.865. The van der Waals surface area contributed by atoms with Gasteiger partial charge >= 0.3 is 0 Å². The Kier molecular flexibility index (Phi) is 6.55. The van der Waals surface area contributed by atoms with Crippen LogP contribution in [0.15, 0.2) is 39.8 Å². The summed E-state index contributed by atoms with van der Waals surface area (Å²) < 4.78 is 32.2. The van der Waals surface area contributed by atoms with Crippen molar-refractivity contribution in [2.45, 2.75) is 51.0 Å². The van der Waals surface area contributed by atoms with Crippen LogP contribution in [0.25, 0.3) is 0 Å². The van der Waals surface area contributed by atoms with Gasteiger partial charge in [0, 0.05) is 12.5 Å². The molecule has 0 radical (unpaired) electrons. The normalized spacial score (nSPS) is 14.0. The highest BCUT2D eigenvalue weighted by molar-refractivity contribution is 7.89. The lowest BCUT2D eigenvalue weighted by molar-refractivity contribution is -0.122. The highest BCUT2D eigenvalue weighted by atomic mass is 32.2. The number of carbonyl (C=O) groups excluding carboxylic acids is 1. The van der Waals surface area contributed by atoms with E-state index in [2.05, 4.69) is 15.2 Å². The summed E-state index contributed by atoms with van der Waals surface area (Å²) in [7, 11) is -3.89. The van der Waals surface area contributed by atoms with Crippen LogP contribution in [0.4, 0.5) is 0 Å². The van der Waals surface area contributed by atoms with Crippen LogP contribution in [0.1, 0.15) is 43.2 Å². The molecule has 1 aromatic heterocycles. The van der Waals surface area contributed by atoms with Gasteiger partial charge in [0.1, 0.15) is 10.6 Å². The second-order valence-corrected chi connectivity index (χ2v) is 7.91. The molecule has 7 nitrogen and oxygen atoms in total. The Hall–Kier alpha value is -2.19. The average Bonchev–Trinajstić information content (AvgIpc) is 2.95. The highest BCUT2D eigenvalue weighted by Crippen LogP contribution is 2.19. The zero-order chi connectivity index (χ0) is 19.3. The second-order valence-electron chi connectivity index (χ2n) is 6.26. The van der Waals surface area contributed by atoms with Crippen LogP contribution in [0, 0.1) is 13.8 Å². The number of benzene rings is 1. The average molecular weight is 379 g/mol. The fourth-order valence-corrected chi connectivity index (χ4v) is 4.34. The van der Waals surface area contributed by atoms with E-state index in [0.29, 0.717) is 6.54 Å². The molecule has 0 fully saturated rings. The molecular weight excluding hydrogens is 354 g/mol. The molecule has 1 aromatic carbocycles. The van der Waals surface area contributed by atoms with Crippen LogP contribution >= 0.6 is 0 Å². The van der Waals surface area contributed by atoms with Gasteiger partial charge in [-0.25, -0.2) is 8.42 Å². The van der Waals surface area contributed by atoms with Gasteiger partial charge in [0.05, 0.1) is 6.04 Å². The lowest BCUT2D eigenvalue weighted by atomic mass is 9.96. The van der Waals surface area contributed by atoms with Gasteiger partial charge in [0.25, 0.3) is 0 Å². The molecule has 2 atom stereocenters. The lowest BCUT2D eigenvalue weighted by Crippen LogP contribution is -2.45. The zero-order valence-corrected chi connectivity index (χ0v) is 16.3. The number of carbonyl (C=O) groups is 1. The van der Waals surface area contributed by atoms with E-state index < -0.39 is 16.1 Å². The number of nitrogens with one attached hydrogen (secondary N) is 2. The first kappa shape index (κ1) is 20.1. The summed E-state index contributed by atoms with van der Waals surface area (Å²) in [6, 6.07) is 8.98. The van der Waals surface area contributed by atoms with Gasteiger partial charge in [0.15, 0.2) is 5.76 Å². The maximum Gasteiger partial charge on any atom is 0.246 e. The molecule has 26 heavy (non-hydrogen) atoms. The first-order valence-corrected chi connectivity index (χ1v) is 10.0. The van der Waals surface area contributed by atoms with Crippen LogP contribution in [0.5, 0.6) is 0 Å². The molecule has 0 aliphatic rings. The minimum atomic E-state index is -3.89. The Morgan fingerprint density at radius 3 is 2.42 bits per heavy atom. The number of aromatic nitrogens is 1. The van der Waals surface area contributed by atoms with Crippen molar-refractivity contribution >= 4 is 15.9 Å². The molecular formula is C18H25N3O4S. The SMILES string of the molecule is CC[C@@H](CNC(=O)[C@@H](C)NS(=O)(=O)c1c(C)noc1C)c1ccccc1. The van der Waals surface area contributed by atoms with Crippen molar-refractivity contribution in [2.24, 2.45) is 0 Å². The maximum atomic E-state index is 12.5. The number of amides is 1. The van der Waals surface area contributed by atoms with Crippen LogP contribution < -0.4 is 10.0 Å². The predicted molar refractivity (Wildman–Crippen MR) is 98.2 cm³/mol. The summed E-state index contributed by atoms with van der Waals surface area (Å²) in [5.41, 5.74) is 1.40. The van der Waals surface area contributed by atoms with Crippen molar-refractivity contribution in [3.8, 4) is 0 Å². The molecule has 1 heterocycles. The minimum absolute atomic E-state index is 0.0205. The fourth-order valence-electron chi connectivity index (χ4n) is 2.80. The Bertz CT molecular complexity index is 827. The summed E-state index contributed by atoms with van der Waals surface area (Å²) in [5, 5.41) is 6.47. The Labute approximate surface area is 154 Å². The fraction of sp³-hybridized carbons (Fsp3) is 0.444. The monoisotopic (exact) mass is 379 g/mol. The summed E-state index contributed by atoms with van der Waals surface area (Å²) in [4.78, 5) is 12.3. The molecule has 1 amide bonds. The van der Waals surface area contributed by atoms with E-state index in [1.807, 2.05) is 37.3 Å². The molecule has 0 saturated heterocycles. The highest BCUT2D eigenvalue weighted by Gasteiger charge is 2.28. The third-order valence-electron chi connectivity index (χ3n) is 4.25. The van der Waals surface area contributed by atoms with Crippen LogP contribution in [0.2, 0.25) is 0 Å². The quantitative estimate of drug-likeness (QED) is 0.733. The Morgan fingerprint density at radius 2 is 1.88 bits per heavy atom. The first-order valence-electron chi connectivity index (χ1n) is 8.54. The second kappa shape index (κ2) is 8.46. The van der Waals surface area contributed by atoms with Crippen LogP contribution in [0.3, 0.4) is 0 Å². The smallest absolute Gasteiger partial charge is 0.246 e. The molecule has 0 bridgehead atoms. The van der Waals surface area contributed by atoms with Gasteiger partial charge in [-0.3, -0.25) is 4.79 Å². The molecule has 8 heteroatoms. The Morgan fingerprint density at radius 1 is 1.23 bits per heavy atom. The van der Waals surface area contributed by atoms with E-state index in [9.17, 15) is 13.2 Å². The molecule has 142 valence electrons. The molecule has 0 aliphatic carbocycles. The number of rotatable bonds is 8. The van der Waals surface area contributed by atoms with E-state index >= 15 is 0 Å². The summed E-state index contributed by atoms with van der Waals surface area (Å²) in [6.45, 7) is 7.06. The molecule has 0 unspecified atom stereocenters. The number of nitrogens with zero attached hydrogens (tertiary/aromatic N) is 1. The molecule has 2 rings (SSSR count). The van der Waals surface area contributed by atoms with E-state index in [1.165, 1.54) is 13.8 Å². The van der Waals surface area contributed by atoms with Gasteiger partial charge in [-0.2, -0.15) is 4.72 Å². The van der Waals surface area contributed by atoms with Crippen LogP contribution in [-0.2, 0) is 14.8 Å². The van der Waals surface area contributed by atoms with E-state index in [1.54, 1.807) is 6.92 Å². The van der Waals surface area contributed by atoms with E-state index in [4.69, 9.17) is 4.52 Å². The molecule has 0 aliphatic heterocycles. The summed E-state index contributed by atoms with van der Waals surface area (Å²) in [5.74, 6) is -0.0148. The zero-order valence-electron chi connectivity index (χ0n) is 15.4. The van der Waals surface area contributed by atoms with Gasteiger partial charge < -0.3 is 9.84 Å². The van der Waals surface area contributed by atoms with Gasteiger partial charge in [-0.1, -0.05) is 42.4 Å². The van der Waals surface area contributed by atoms with Crippen molar-refractivity contribution in [2.75, 3.05) is 6.54 Å². The molecule has 2 N–H and O–H groups in total. The third-order valence-corrected chi connectivity index (χ3v) is 6.03. The van der Waals surface area contributed by atoms with Gasteiger partial charge in [0.2, 0.25) is 15.9 Å². The van der Waals surface area contributed by atoms with E-state index in [0.717, 1.165) is 12.0 Å². The Balaban J connectivity index is 1.99. The van der Waals surface area contributed by atoms with Gasteiger partial charge in [-0.15, -0.1) is 0 Å². The largest absolute Gasteiger partial charge is 0.360 e. The predicted octanol–water partition coefficient (Wildman–Crippen LogP) is 2.27. The number of aryl methyl sites for hydroxylation is 2. The van der Waals surface area contributed by atoms with Gasteiger partial charge in [-0.05, 0) is 32.8 Å². The maximum absolute atomic E-state index is 12.5. The topological polar surface area (TPSA) is 101 Å². The lowest BCUT2D eigenvalue weighted by Gasteiger charge is -2.19. The third kappa shape index (κ3) is 4.70. The number of hydrogen-bond acceptors (Lipinski definition) is 5. The minimum Gasteiger partial charge on any atom is -0.360 e. The van der Waals surface area contributed by atoms with Crippen molar-refractivity contribution in [3.63, 3.8) is 0 Å². The number of sulfonamides is 1. The molecule has 0 saturated carbocycles. The first-order chi connectivity index (χ1) is 12.3.